The first kappa shape index (κ1) is 19.0. The first-order valence-corrected chi connectivity index (χ1v) is 8.69. The monoisotopic (exact) mass is 375 g/mol. The number of carbonyl (C=O) groups is 1. The number of benzene rings is 1. The number of nitrogens with one attached hydrogen (secondary N) is 2. The number of urea groups is 1. The molecule has 0 atom stereocenters. The first-order valence-electron chi connectivity index (χ1n) is 8.69. The smallest absolute Gasteiger partial charge is 0.324 e. The van der Waals surface area contributed by atoms with Crippen LogP contribution < -0.4 is 16.4 Å². The number of nitrogen functional groups attached to an aromatic ring is 1. The van der Waals surface area contributed by atoms with Crippen LogP contribution in [0, 0.1) is 11.8 Å². The van der Waals surface area contributed by atoms with Gasteiger partial charge in [-0.05, 0) is 30.3 Å². The van der Waals surface area contributed by atoms with Crippen molar-refractivity contribution in [2.45, 2.75) is 26.2 Å². The molecule has 7 nitrogen and oxygen atoms in total. The second kappa shape index (κ2) is 7.84. The van der Waals surface area contributed by atoms with Crippen molar-refractivity contribution in [3.05, 3.63) is 65.5 Å². The number of rotatable bonds is 2. The van der Waals surface area contributed by atoms with Crippen molar-refractivity contribution in [2.24, 2.45) is 0 Å². The number of amides is 2. The van der Waals surface area contributed by atoms with E-state index in [4.69, 9.17) is 10.3 Å². The van der Waals surface area contributed by atoms with E-state index >= 15 is 0 Å². The minimum atomic E-state index is -0.421. The fraction of sp³-hybridized carbons (Fsp3) is 0.190. The number of hydrogen-bond acceptors (Lipinski definition) is 5. The van der Waals surface area contributed by atoms with Gasteiger partial charge in [-0.2, -0.15) is 0 Å². The highest BCUT2D eigenvalue weighted by Crippen LogP contribution is 2.24. The van der Waals surface area contributed by atoms with Crippen LogP contribution in [0.25, 0.3) is 0 Å². The molecule has 7 heteroatoms. The number of aromatic nitrogens is 2. The van der Waals surface area contributed by atoms with Crippen LogP contribution in [0.1, 0.15) is 37.7 Å². The molecule has 0 aliphatic rings. The molecule has 142 valence electrons. The Morgan fingerprint density at radius 1 is 1.11 bits per heavy atom. The molecule has 28 heavy (non-hydrogen) atoms. The Hall–Kier alpha value is -3.79. The van der Waals surface area contributed by atoms with Gasteiger partial charge in [-0.25, -0.2) is 9.78 Å². The average Bonchev–Trinajstić information content (AvgIpc) is 3.10. The molecular weight excluding hydrogens is 354 g/mol. The summed E-state index contributed by atoms with van der Waals surface area (Å²) >= 11 is 0. The lowest BCUT2D eigenvalue weighted by atomic mass is 9.93. The van der Waals surface area contributed by atoms with E-state index in [-0.39, 0.29) is 5.41 Å². The summed E-state index contributed by atoms with van der Waals surface area (Å²) in [6.07, 6.45) is 1.61. The molecule has 0 spiro atoms. The van der Waals surface area contributed by atoms with Gasteiger partial charge >= 0.3 is 6.03 Å². The molecule has 0 saturated carbocycles. The summed E-state index contributed by atoms with van der Waals surface area (Å²) in [5.41, 5.74) is 7.59. The number of pyridine rings is 1. The van der Waals surface area contributed by atoms with Crippen LogP contribution in [0.15, 0.2) is 53.2 Å². The average molecular weight is 375 g/mol. The van der Waals surface area contributed by atoms with Crippen molar-refractivity contribution in [3.8, 4) is 11.8 Å². The van der Waals surface area contributed by atoms with E-state index < -0.39 is 6.03 Å². The van der Waals surface area contributed by atoms with Crippen LogP contribution in [0.4, 0.5) is 22.1 Å². The van der Waals surface area contributed by atoms with E-state index in [1.165, 1.54) is 0 Å². The predicted molar refractivity (Wildman–Crippen MR) is 109 cm³/mol. The molecular formula is C21H21N5O2. The Bertz CT molecular complexity index is 1050. The largest absolute Gasteiger partial charge is 0.383 e. The fourth-order valence-electron chi connectivity index (χ4n) is 2.30. The summed E-state index contributed by atoms with van der Waals surface area (Å²) in [6.45, 7) is 6.01. The molecule has 0 aliphatic carbocycles. The van der Waals surface area contributed by atoms with Gasteiger partial charge in [0.2, 0.25) is 0 Å². The predicted octanol–water partition coefficient (Wildman–Crippen LogP) is 3.99. The molecule has 0 bridgehead atoms. The fourth-order valence-corrected chi connectivity index (χ4v) is 2.30. The number of nitrogens with zero attached hydrogens (tertiary/aromatic N) is 2. The SMILES string of the molecule is CC(C)(C)c1cc(NC(=O)Nc2cccc(C#Cc3cccnc3N)c2)no1. The van der Waals surface area contributed by atoms with Crippen molar-refractivity contribution in [3.63, 3.8) is 0 Å². The van der Waals surface area contributed by atoms with Crippen molar-refractivity contribution in [2.75, 3.05) is 16.4 Å². The number of hydrogen-bond donors (Lipinski definition) is 3. The molecule has 0 radical (unpaired) electrons. The molecule has 0 fully saturated rings. The zero-order valence-electron chi connectivity index (χ0n) is 15.9. The molecule has 1 aromatic carbocycles. The van der Waals surface area contributed by atoms with Crippen LogP contribution in [0.2, 0.25) is 0 Å². The first-order chi connectivity index (χ1) is 13.3. The van der Waals surface area contributed by atoms with Crippen molar-refractivity contribution < 1.29 is 9.32 Å². The second-order valence-electron chi connectivity index (χ2n) is 7.17. The Balaban J connectivity index is 1.67. The zero-order valence-corrected chi connectivity index (χ0v) is 15.9. The van der Waals surface area contributed by atoms with Crippen LogP contribution in [0.3, 0.4) is 0 Å². The quantitative estimate of drug-likeness (QED) is 0.587. The third-order valence-corrected chi connectivity index (χ3v) is 3.79. The van der Waals surface area contributed by atoms with E-state index in [0.29, 0.717) is 28.6 Å². The Kier molecular flexibility index (Phi) is 5.32. The van der Waals surface area contributed by atoms with Crippen LogP contribution in [-0.2, 0) is 5.41 Å². The Morgan fingerprint density at radius 2 is 1.93 bits per heavy atom. The lowest BCUT2D eigenvalue weighted by molar-refractivity contribution is 0.262. The Morgan fingerprint density at radius 3 is 2.64 bits per heavy atom. The minimum absolute atomic E-state index is 0.186. The van der Waals surface area contributed by atoms with Crippen molar-refractivity contribution in [1.29, 1.82) is 0 Å². The molecule has 2 heterocycles. The van der Waals surface area contributed by atoms with E-state index in [0.717, 1.165) is 5.56 Å². The summed E-state index contributed by atoms with van der Waals surface area (Å²) in [6, 6.07) is 12.0. The maximum atomic E-state index is 12.2. The van der Waals surface area contributed by atoms with Crippen LogP contribution >= 0.6 is 0 Å². The van der Waals surface area contributed by atoms with Crippen molar-refractivity contribution >= 4 is 23.4 Å². The van der Waals surface area contributed by atoms with Gasteiger partial charge in [0.05, 0.1) is 5.56 Å². The number of anilines is 3. The number of nitrogens with two attached hydrogens (primary N) is 1. The van der Waals surface area contributed by atoms with E-state index in [1.807, 2.05) is 26.8 Å². The third kappa shape index (κ3) is 4.89. The molecule has 0 saturated heterocycles. The van der Waals surface area contributed by atoms with E-state index in [2.05, 4.69) is 32.6 Å². The van der Waals surface area contributed by atoms with Gasteiger partial charge in [0, 0.05) is 28.9 Å². The van der Waals surface area contributed by atoms with Gasteiger partial charge in [0.25, 0.3) is 0 Å². The Labute approximate surface area is 163 Å². The lowest BCUT2D eigenvalue weighted by Gasteiger charge is -2.12. The van der Waals surface area contributed by atoms with Gasteiger partial charge < -0.3 is 15.6 Å². The van der Waals surface area contributed by atoms with Crippen LogP contribution in [-0.4, -0.2) is 16.2 Å². The van der Waals surface area contributed by atoms with Crippen LogP contribution in [0.5, 0.6) is 0 Å². The minimum Gasteiger partial charge on any atom is -0.383 e. The lowest BCUT2D eigenvalue weighted by Crippen LogP contribution is -2.19. The highest BCUT2D eigenvalue weighted by molar-refractivity contribution is 5.99. The van der Waals surface area contributed by atoms with Gasteiger partial charge in [-0.3, -0.25) is 5.32 Å². The summed E-state index contributed by atoms with van der Waals surface area (Å²) in [7, 11) is 0. The summed E-state index contributed by atoms with van der Waals surface area (Å²) in [5.74, 6) is 7.42. The molecule has 3 aromatic rings. The standard InChI is InChI=1S/C21H21N5O2/c1-21(2,3)17-13-18(26-28-17)25-20(27)24-16-8-4-6-14(12-16)9-10-15-7-5-11-23-19(15)22/h4-8,11-13H,1-3H3,(H2,22,23)(H2,24,25,26,27). The zero-order chi connectivity index (χ0) is 20.1. The van der Waals surface area contributed by atoms with Gasteiger partial charge in [-0.15, -0.1) is 0 Å². The molecule has 3 rings (SSSR count). The highest BCUT2D eigenvalue weighted by atomic mass is 16.5. The van der Waals surface area contributed by atoms with Gasteiger partial charge in [-0.1, -0.05) is 43.8 Å². The van der Waals surface area contributed by atoms with Gasteiger partial charge in [0.1, 0.15) is 11.6 Å². The second-order valence-corrected chi connectivity index (χ2v) is 7.17. The third-order valence-electron chi connectivity index (χ3n) is 3.79. The molecule has 0 aliphatic heterocycles. The molecule has 0 unspecified atom stereocenters. The van der Waals surface area contributed by atoms with E-state index in [9.17, 15) is 4.79 Å². The molecule has 2 aromatic heterocycles. The van der Waals surface area contributed by atoms with Gasteiger partial charge in [0.15, 0.2) is 5.82 Å². The topological polar surface area (TPSA) is 106 Å². The van der Waals surface area contributed by atoms with Crippen molar-refractivity contribution in [1.82, 2.24) is 10.1 Å². The van der Waals surface area contributed by atoms with E-state index in [1.54, 1.807) is 42.6 Å². The summed E-state index contributed by atoms with van der Waals surface area (Å²) in [5, 5.41) is 9.27. The normalized spacial score (nSPS) is 10.7. The summed E-state index contributed by atoms with van der Waals surface area (Å²) < 4.78 is 5.26. The maximum absolute atomic E-state index is 12.2. The number of carbonyl (C=O) groups excluding carboxylic acids is 1. The summed E-state index contributed by atoms with van der Waals surface area (Å²) in [4.78, 5) is 16.2. The maximum Gasteiger partial charge on any atom is 0.324 e. The molecule has 2 amide bonds. The molecule has 4 N–H and O–H groups in total. The highest BCUT2D eigenvalue weighted by Gasteiger charge is 2.20.